The molecule has 136 valence electrons. The summed E-state index contributed by atoms with van der Waals surface area (Å²) < 4.78 is 14.9. The number of anilines is 1. The number of aliphatic carboxylic acids is 1. The molecule has 4 rings (SSSR count). The minimum atomic E-state index is -0.943. The van der Waals surface area contributed by atoms with Gasteiger partial charge in [0.05, 0.1) is 11.7 Å². The lowest BCUT2D eigenvalue weighted by atomic mass is 10.2. The van der Waals surface area contributed by atoms with E-state index < -0.39 is 18.1 Å². The largest absolute Gasteiger partial charge is 0.480 e. The molecule has 1 aromatic heterocycles. The maximum Gasteiger partial charge on any atom is 0.320 e. The number of rotatable bonds is 4. The lowest BCUT2D eigenvalue weighted by Gasteiger charge is -2.11. The van der Waals surface area contributed by atoms with Gasteiger partial charge in [-0.05, 0) is 56.4 Å². The molecule has 2 heterocycles. The Balaban J connectivity index is 1.56. The van der Waals surface area contributed by atoms with Crippen LogP contribution in [-0.2, 0) is 22.4 Å². The Bertz CT molecular complexity index is 862. The molecule has 0 saturated carbocycles. The van der Waals surface area contributed by atoms with E-state index in [0.29, 0.717) is 18.7 Å². The van der Waals surface area contributed by atoms with E-state index in [1.165, 1.54) is 12.1 Å². The number of fused-ring (bicyclic) bond motifs is 1. The van der Waals surface area contributed by atoms with Gasteiger partial charge in [-0.15, -0.1) is 5.10 Å². The second-order valence-corrected chi connectivity index (χ2v) is 6.69. The molecule has 1 saturated heterocycles. The summed E-state index contributed by atoms with van der Waals surface area (Å²) in [5.74, 6) is -1.02. The summed E-state index contributed by atoms with van der Waals surface area (Å²) in [7, 11) is 0. The number of benzene rings is 1. The predicted octanol–water partition coefficient (Wildman–Crippen LogP) is 1.64. The maximum absolute atomic E-state index is 13.2. The van der Waals surface area contributed by atoms with E-state index >= 15 is 0 Å². The van der Waals surface area contributed by atoms with Crippen LogP contribution in [0.25, 0.3) is 5.69 Å². The molecular weight excluding hydrogens is 339 g/mol. The Hall–Kier alpha value is -2.74. The summed E-state index contributed by atoms with van der Waals surface area (Å²) in [6.45, 7) is 0. The van der Waals surface area contributed by atoms with Gasteiger partial charge in [-0.3, -0.25) is 14.9 Å². The first-order valence-electron chi connectivity index (χ1n) is 8.69. The number of carbonyl (C=O) groups is 2. The molecule has 0 unspecified atom stereocenters. The number of halogens is 1. The SMILES string of the molecule is O=C(O)[C@@H]1CC[C@H](C(=O)Nc2nn(-c3ccc(F)cc3)c3c2CCC3)N1. The van der Waals surface area contributed by atoms with Crippen molar-refractivity contribution in [2.24, 2.45) is 0 Å². The fraction of sp³-hybridized carbons (Fsp3) is 0.389. The summed E-state index contributed by atoms with van der Waals surface area (Å²) in [6.07, 6.45) is 3.54. The topological polar surface area (TPSA) is 96.2 Å². The number of nitrogens with zero attached hydrogens (tertiary/aromatic N) is 2. The third-order valence-corrected chi connectivity index (χ3v) is 5.00. The number of hydrogen-bond donors (Lipinski definition) is 3. The van der Waals surface area contributed by atoms with Crippen LogP contribution in [0.2, 0.25) is 0 Å². The van der Waals surface area contributed by atoms with Crippen LogP contribution in [0.15, 0.2) is 24.3 Å². The van der Waals surface area contributed by atoms with Gasteiger partial charge in [-0.2, -0.15) is 0 Å². The third-order valence-electron chi connectivity index (χ3n) is 5.00. The van der Waals surface area contributed by atoms with E-state index in [2.05, 4.69) is 15.7 Å². The van der Waals surface area contributed by atoms with Crippen molar-refractivity contribution in [2.75, 3.05) is 5.32 Å². The molecule has 0 spiro atoms. The Kier molecular flexibility index (Phi) is 4.20. The van der Waals surface area contributed by atoms with Crippen molar-refractivity contribution in [1.29, 1.82) is 0 Å². The number of carbonyl (C=O) groups excluding carboxylic acids is 1. The number of carboxylic acids is 1. The van der Waals surface area contributed by atoms with Gasteiger partial charge in [0.25, 0.3) is 0 Å². The zero-order valence-electron chi connectivity index (χ0n) is 14.0. The quantitative estimate of drug-likeness (QED) is 0.772. The van der Waals surface area contributed by atoms with Crippen molar-refractivity contribution < 1.29 is 19.1 Å². The summed E-state index contributed by atoms with van der Waals surface area (Å²) in [4.78, 5) is 23.5. The van der Waals surface area contributed by atoms with Crippen LogP contribution in [0.5, 0.6) is 0 Å². The molecule has 1 amide bonds. The molecule has 1 aromatic carbocycles. The molecule has 7 nitrogen and oxygen atoms in total. The summed E-state index contributed by atoms with van der Waals surface area (Å²) >= 11 is 0. The second-order valence-electron chi connectivity index (χ2n) is 6.69. The van der Waals surface area contributed by atoms with Crippen LogP contribution in [-0.4, -0.2) is 38.8 Å². The van der Waals surface area contributed by atoms with Crippen LogP contribution >= 0.6 is 0 Å². The highest BCUT2D eigenvalue weighted by atomic mass is 19.1. The van der Waals surface area contributed by atoms with Crippen LogP contribution in [0.1, 0.15) is 30.5 Å². The fourth-order valence-electron chi connectivity index (χ4n) is 3.68. The summed E-state index contributed by atoms with van der Waals surface area (Å²) in [5.41, 5.74) is 2.76. The fourth-order valence-corrected chi connectivity index (χ4v) is 3.68. The van der Waals surface area contributed by atoms with Crippen molar-refractivity contribution in [3.05, 3.63) is 41.3 Å². The number of carboxylic acid groups (broad SMARTS) is 1. The van der Waals surface area contributed by atoms with E-state index in [-0.39, 0.29) is 11.7 Å². The van der Waals surface area contributed by atoms with Crippen molar-refractivity contribution in [1.82, 2.24) is 15.1 Å². The monoisotopic (exact) mass is 358 g/mol. The third kappa shape index (κ3) is 2.96. The predicted molar refractivity (Wildman–Crippen MR) is 91.8 cm³/mol. The first kappa shape index (κ1) is 16.7. The molecular formula is C18H19FN4O3. The van der Waals surface area contributed by atoms with Gasteiger partial charge in [-0.1, -0.05) is 0 Å². The Morgan fingerprint density at radius 3 is 2.62 bits per heavy atom. The van der Waals surface area contributed by atoms with Crippen LogP contribution < -0.4 is 10.6 Å². The Morgan fingerprint density at radius 2 is 1.92 bits per heavy atom. The van der Waals surface area contributed by atoms with Crippen molar-refractivity contribution in [3.8, 4) is 5.69 Å². The van der Waals surface area contributed by atoms with E-state index in [1.54, 1.807) is 16.8 Å². The molecule has 1 fully saturated rings. The molecule has 2 aliphatic rings. The normalized spacial score (nSPS) is 21.6. The highest BCUT2D eigenvalue weighted by Gasteiger charge is 2.34. The molecule has 26 heavy (non-hydrogen) atoms. The van der Waals surface area contributed by atoms with Gasteiger partial charge >= 0.3 is 5.97 Å². The first-order valence-corrected chi connectivity index (χ1v) is 8.69. The van der Waals surface area contributed by atoms with E-state index in [9.17, 15) is 14.0 Å². The van der Waals surface area contributed by atoms with E-state index in [4.69, 9.17) is 5.11 Å². The average molecular weight is 358 g/mol. The molecule has 2 aromatic rings. The van der Waals surface area contributed by atoms with E-state index in [1.807, 2.05) is 0 Å². The van der Waals surface area contributed by atoms with Crippen molar-refractivity contribution in [3.63, 3.8) is 0 Å². The minimum absolute atomic E-state index is 0.271. The number of nitrogens with one attached hydrogen (secondary N) is 2. The smallest absolute Gasteiger partial charge is 0.320 e. The summed E-state index contributed by atoms with van der Waals surface area (Å²) in [5, 5.41) is 19.2. The molecule has 3 N–H and O–H groups in total. The highest BCUT2D eigenvalue weighted by molar-refractivity contribution is 5.95. The van der Waals surface area contributed by atoms with Gasteiger partial charge in [0, 0.05) is 11.3 Å². The lowest BCUT2D eigenvalue weighted by molar-refractivity contribution is -0.139. The standard InChI is InChI=1S/C18H19FN4O3/c19-10-4-6-11(7-5-10)23-15-3-1-2-12(15)16(22-23)21-17(24)13-8-9-14(20-13)18(25)26/h4-7,13-14,20H,1-3,8-9H2,(H,25,26)(H,21,22,24)/t13-,14+/m1/s1. The lowest BCUT2D eigenvalue weighted by Crippen LogP contribution is -2.42. The minimum Gasteiger partial charge on any atom is -0.480 e. The Morgan fingerprint density at radius 1 is 1.19 bits per heavy atom. The van der Waals surface area contributed by atoms with Crippen molar-refractivity contribution in [2.45, 2.75) is 44.2 Å². The average Bonchev–Trinajstić information content (AvgIpc) is 3.33. The van der Waals surface area contributed by atoms with Crippen LogP contribution in [0, 0.1) is 5.82 Å². The van der Waals surface area contributed by atoms with Gasteiger partial charge in [0.2, 0.25) is 5.91 Å². The van der Waals surface area contributed by atoms with Crippen LogP contribution in [0.4, 0.5) is 10.2 Å². The Labute approximate surface area is 149 Å². The second kappa shape index (κ2) is 6.53. The first-order chi connectivity index (χ1) is 12.5. The molecule has 8 heteroatoms. The zero-order valence-corrected chi connectivity index (χ0v) is 14.0. The van der Waals surface area contributed by atoms with Gasteiger partial charge < -0.3 is 10.4 Å². The number of amides is 1. The van der Waals surface area contributed by atoms with Gasteiger partial charge in [-0.25, -0.2) is 9.07 Å². The highest BCUT2D eigenvalue weighted by Crippen LogP contribution is 2.31. The zero-order chi connectivity index (χ0) is 18.3. The molecule has 0 bridgehead atoms. The molecule has 1 aliphatic carbocycles. The van der Waals surface area contributed by atoms with Crippen molar-refractivity contribution >= 4 is 17.7 Å². The molecule has 0 radical (unpaired) electrons. The molecule has 1 aliphatic heterocycles. The number of aromatic nitrogens is 2. The summed E-state index contributed by atoms with van der Waals surface area (Å²) in [6, 6.07) is 4.85. The van der Waals surface area contributed by atoms with E-state index in [0.717, 1.165) is 36.2 Å². The van der Waals surface area contributed by atoms with Gasteiger partial charge in [0.15, 0.2) is 5.82 Å². The van der Waals surface area contributed by atoms with Crippen LogP contribution in [0.3, 0.4) is 0 Å². The number of hydrogen-bond acceptors (Lipinski definition) is 4. The molecule has 2 atom stereocenters. The maximum atomic E-state index is 13.2. The van der Waals surface area contributed by atoms with Gasteiger partial charge in [0.1, 0.15) is 11.9 Å².